The second-order valence-electron chi connectivity index (χ2n) is 4.63. The lowest BCUT2D eigenvalue weighted by molar-refractivity contribution is -0.0396. The van der Waals surface area contributed by atoms with Crippen LogP contribution in [0.2, 0.25) is 0 Å². The predicted molar refractivity (Wildman–Crippen MR) is 58.3 cm³/mol. The Morgan fingerprint density at radius 1 is 1.21 bits per heavy atom. The van der Waals surface area contributed by atoms with E-state index in [9.17, 15) is 5.11 Å². The summed E-state index contributed by atoms with van der Waals surface area (Å²) < 4.78 is 0. The molecule has 1 nitrogen and oxygen atoms in total. The molecule has 0 unspecified atom stereocenters. The van der Waals surface area contributed by atoms with E-state index in [1.54, 1.807) is 0 Å². The highest BCUT2D eigenvalue weighted by Crippen LogP contribution is 2.43. The van der Waals surface area contributed by atoms with Gasteiger partial charge in [0.15, 0.2) is 0 Å². The van der Waals surface area contributed by atoms with Gasteiger partial charge < -0.3 is 5.11 Å². The third-order valence-electron chi connectivity index (χ3n) is 3.26. The van der Waals surface area contributed by atoms with E-state index < -0.39 is 5.60 Å². The largest absolute Gasteiger partial charge is 0.385 e. The van der Waals surface area contributed by atoms with E-state index in [0.29, 0.717) is 5.92 Å². The molecule has 14 heavy (non-hydrogen) atoms. The van der Waals surface area contributed by atoms with Crippen LogP contribution in [0.3, 0.4) is 0 Å². The highest BCUT2D eigenvalue weighted by Gasteiger charge is 2.37. The van der Waals surface area contributed by atoms with Crippen LogP contribution in [0.1, 0.15) is 50.2 Å². The van der Waals surface area contributed by atoms with Gasteiger partial charge in [0.25, 0.3) is 0 Å². The van der Waals surface area contributed by atoms with Gasteiger partial charge in [0, 0.05) is 0 Å². The van der Waals surface area contributed by atoms with Gasteiger partial charge in [0.2, 0.25) is 0 Å². The Balaban J connectivity index is 2.41. The minimum Gasteiger partial charge on any atom is -0.385 e. The number of hydrogen-bond donors (Lipinski definition) is 1. The first-order valence-corrected chi connectivity index (χ1v) is 5.45. The van der Waals surface area contributed by atoms with Crippen molar-refractivity contribution in [3.63, 3.8) is 0 Å². The molecule has 0 radical (unpaired) electrons. The van der Waals surface area contributed by atoms with Crippen LogP contribution in [0.4, 0.5) is 0 Å². The van der Waals surface area contributed by atoms with E-state index in [0.717, 1.165) is 24.8 Å². The summed E-state index contributed by atoms with van der Waals surface area (Å²) in [7, 11) is 0. The topological polar surface area (TPSA) is 20.2 Å². The number of benzene rings is 1. The first kappa shape index (κ1) is 9.72. The van der Waals surface area contributed by atoms with Gasteiger partial charge in [-0.15, -0.1) is 0 Å². The Kier molecular flexibility index (Phi) is 2.36. The summed E-state index contributed by atoms with van der Waals surface area (Å²) in [6.45, 7) is 4.36. The fraction of sp³-hybridized carbons (Fsp3) is 0.538. The van der Waals surface area contributed by atoms with Gasteiger partial charge in [-0.25, -0.2) is 0 Å². The SMILES string of the molecule is CC(C)c1ccccc1C1(O)CCC1. The Hall–Kier alpha value is -0.820. The standard InChI is InChI=1S/C13H18O/c1-10(2)11-6-3-4-7-12(11)13(14)8-5-9-13/h3-4,6-7,10,14H,5,8-9H2,1-2H3. The van der Waals surface area contributed by atoms with E-state index in [-0.39, 0.29) is 0 Å². The smallest absolute Gasteiger partial charge is 0.0899 e. The average Bonchev–Trinajstić information content (AvgIpc) is 2.14. The number of rotatable bonds is 2. The quantitative estimate of drug-likeness (QED) is 0.759. The minimum absolute atomic E-state index is 0.496. The normalized spacial score (nSPS) is 19.4. The molecule has 0 bridgehead atoms. The Bertz CT molecular complexity index is 324. The monoisotopic (exact) mass is 190 g/mol. The maximum atomic E-state index is 10.3. The van der Waals surface area contributed by atoms with Crippen LogP contribution in [0.5, 0.6) is 0 Å². The van der Waals surface area contributed by atoms with Crippen LogP contribution in [-0.4, -0.2) is 5.11 Å². The molecule has 1 aromatic rings. The van der Waals surface area contributed by atoms with Gasteiger partial charge in [-0.3, -0.25) is 0 Å². The van der Waals surface area contributed by atoms with Gasteiger partial charge in [-0.1, -0.05) is 38.1 Å². The molecular weight excluding hydrogens is 172 g/mol. The van der Waals surface area contributed by atoms with Crippen molar-refractivity contribution < 1.29 is 5.11 Å². The molecule has 1 saturated carbocycles. The van der Waals surface area contributed by atoms with Crippen molar-refractivity contribution in [1.29, 1.82) is 0 Å². The molecule has 1 heteroatoms. The van der Waals surface area contributed by atoms with Crippen LogP contribution < -0.4 is 0 Å². The van der Waals surface area contributed by atoms with Crippen molar-refractivity contribution in [2.24, 2.45) is 0 Å². The van der Waals surface area contributed by atoms with E-state index in [1.165, 1.54) is 5.56 Å². The molecule has 76 valence electrons. The molecule has 0 atom stereocenters. The molecule has 0 saturated heterocycles. The summed E-state index contributed by atoms with van der Waals surface area (Å²) in [6, 6.07) is 8.29. The van der Waals surface area contributed by atoms with E-state index in [1.807, 2.05) is 6.07 Å². The van der Waals surface area contributed by atoms with Crippen molar-refractivity contribution in [2.45, 2.75) is 44.6 Å². The Morgan fingerprint density at radius 3 is 2.36 bits per heavy atom. The van der Waals surface area contributed by atoms with Crippen LogP contribution in [0.25, 0.3) is 0 Å². The van der Waals surface area contributed by atoms with E-state index >= 15 is 0 Å². The van der Waals surface area contributed by atoms with Crippen LogP contribution in [-0.2, 0) is 5.60 Å². The molecule has 1 fully saturated rings. The fourth-order valence-electron chi connectivity index (χ4n) is 2.21. The van der Waals surface area contributed by atoms with Gasteiger partial charge in [0.05, 0.1) is 5.60 Å². The van der Waals surface area contributed by atoms with Gasteiger partial charge in [0.1, 0.15) is 0 Å². The second-order valence-corrected chi connectivity index (χ2v) is 4.63. The second kappa shape index (κ2) is 3.39. The summed E-state index contributed by atoms with van der Waals surface area (Å²) in [5, 5.41) is 10.3. The molecule has 0 aromatic heterocycles. The van der Waals surface area contributed by atoms with Crippen molar-refractivity contribution >= 4 is 0 Å². The highest BCUT2D eigenvalue weighted by atomic mass is 16.3. The Morgan fingerprint density at radius 2 is 1.86 bits per heavy atom. The zero-order valence-electron chi connectivity index (χ0n) is 8.96. The number of aliphatic hydroxyl groups is 1. The van der Waals surface area contributed by atoms with Crippen LogP contribution in [0.15, 0.2) is 24.3 Å². The molecule has 0 aliphatic heterocycles. The minimum atomic E-state index is -0.513. The summed E-state index contributed by atoms with van der Waals surface area (Å²) in [6.07, 6.45) is 3.01. The molecule has 0 spiro atoms. The van der Waals surface area contributed by atoms with Crippen LogP contribution >= 0.6 is 0 Å². The zero-order valence-corrected chi connectivity index (χ0v) is 8.96. The lowest BCUT2D eigenvalue weighted by Gasteiger charge is -2.39. The van der Waals surface area contributed by atoms with Crippen molar-refractivity contribution in [3.05, 3.63) is 35.4 Å². The molecule has 1 aliphatic rings. The van der Waals surface area contributed by atoms with Gasteiger partial charge in [-0.05, 0) is 36.3 Å². The van der Waals surface area contributed by atoms with Crippen molar-refractivity contribution in [3.8, 4) is 0 Å². The van der Waals surface area contributed by atoms with Crippen molar-refractivity contribution in [2.75, 3.05) is 0 Å². The van der Waals surface area contributed by atoms with Crippen LogP contribution in [0, 0.1) is 0 Å². The first-order valence-electron chi connectivity index (χ1n) is 5.45. The summed E-state index contributed by atoms with van der Waals surface area (Å²) in [5.74, 6) is 0.496. The molecule has 2 rings (SSSR count). The molecule has 1 aromatic carbocycles. The third-order valence-corrected chi connectivity index (χ3v) is 3.26. The number of hydrogen-bond acceptors (Lipinski definition) is 1. The van der Waals surface area contributed by atoms with E-state index in [4.69, 9.17) is 0 Å². The van der Waals surface area contributed by atoms with Gasteiger partial charge >= 0.3 is 0 Å². The Labute approximate surface area is 85.8 Å². The first-order chi connectivity index (χ1) is 6.63. The lowest BCUT2D eigenvalue weighted by Crippen LogP contribution is -2.34. The van der Waals surface area contributed by atoms with E-state index in [2.05, 4.69) is 32.0 Å². The fourth-order valence-corrected chi connectivity index (χ4v) is 2.21. The summed E-state index contributed by atoms with van der Waals surface area (Å²) >= 11 is 0. The predicted octanol–water partition coefficient (Wildman–Crippen LogP) is 3.18. The molecule has 1 N–H and O–H groups in total. The molecule has 0 heterocycles. The maximum absolute atomic E-state index is 10.3. The summed E-state index contributed by atoms with van der Waals surface area (Å²) in [5.41, 5.74) is 1.94. The highest BCUT2D eigenvalue weighted by molar-refractivity contribution is 5.35. The molecule has 0 amide bonds. The third kappa shape index (κ3) is 1.46. The lowest BCUT2D eigenvalue weighted by atomic mass is 9.72. The average molecular weight is 190 g/mol. The summed E-state index contributed by atoms with van der Waals surface area (Å²) in [4.78, 5) is 0. The van der Waals surface area contributed by atoms with Gasteiger partial charge in [-0.2, -0.15) is 0 Å². The van der Waals surface area contributed by atoms with Crippen molar-refractivity contribution in [1.82, 2.24) is 0 Å². The maximum Gasteiger partial charge on any atom is 0.0899 e. The zero-order chi connectivity index (χ0) is 10.2. The molecule has 1 aliphatic carbocycles. The molecular formula is C13H18O.